The number of ketones is 1. The third-order valence-corrected chi connectivity index (χ3v) is 2.62. The monoisotopic (exact) mass is 284 g/mol. The second-order valence-corrected chi connectivity index (χ2v) is 3.95. The van der Waals surface area contributed by atoms with Gasteiger partial charge in [0, 0.05) is 13.3 Å². The molecular weight excluding hydrogens is 272 g/mol. The molecule has 1 rings (SSSR count). The highest BCUT2D eigenvalue weighted by Gasteiger charge is 2.20. The summed E-state index contributed by atoms with van der Waals surface area (Å²) in [5.74, 6) is -0.561. The summed E-state index contributed by atoms with van der Waals surface area (Å²) < 4.78 is 4.99. The van der Waals surface area contributed by atoms with E-state index in [9.17, 15) is 9.59 Å². The number of carbonyl (C=O) groups is 2. The van der Waals surface area contributed by atoms with E-state index in [4.69, 9.17) is 4.74 Å². The highest BCUT2D eigenvalue weighted by atomic mass is 79.9. The van der Waals surface area contributed by atoms with E-state index in [1.165, 1.54) is 6.92 Å². The largest absolute Gasteiger partial charge is 0.454 e. The molecule has 1 unspecified atom stereocenters. The van der Waals surface area contributed by atoms with Gasteiger partial charge in [-0.3, -0.25) is 9.59 Å². The third kappa shape index (κ3) is 4.14. The van der Waals surface area contributed by atoms with Gasteiger partial charge in [-0.25, -0.2) is 0 Å². The Morgan fingerprint density at radius 3 is 2.44 bits per heavy atom. The first-order valence-corrected chi connectivity index (χ1v) is 6.05. The maximum absolute atomic E-state index is 11.5. The lowest BCUT2D eigenvalue weighted by Crippen LogP contribution is -2.29. The van der Waals surface area contributed by atoms with E-state index in [1.807, 2.05) is 30.3 Å². The van der Waals surface area contributed by atoms with Crippen molar-refractivity contribution in [2.24, 2.45) is 0 Å². The van der Waals surface area contributed by atoms with Gasteiger partial charge in [0.15, 0.2) is 11.9 Å². The second-order valence-electron chi connectivity index (χ2n) is 3.39. The Morgan fingerprint density at radius 1 is 1.31 bits per heavy atom. The summed E-state index contributed by atoms with van der Waals surface area (Å²) in [5, 5.41) is 0.192. The van der Waals surface area contributed by atoms with Crippen molar-refractivity contribution < 1.29 is 14.3 Å². The molecule has 0 spiro atoms. The van der Waals surface area contributed by atoms with Gasteiger partial charge >= 0.3 is 5.97 Å². The van der Waals surface area contributed by atoms with Crippen molar-refractivity contribution in [3.63, 3.8) is 0 Å². The molecule has 0 radical (unpaired) electrons. The Bertz CT molecular complexity index is 362. The van der Waals surface area contributed by atoms with Gasteiger partial charge in [-0.15, -0.1) is 0 Å². The van der Waals surface area contributed by atoms with Crippen LogP contribution >= 0.6 is 15.9 Å². The van der Waals surface area contributed by atoms with Gasteiger partial charge in [0.1, 0.15) is 0 Å². The number of halogens is 1. The fourth-order valence-corrected chi connectivity index (χ4v) is 1.70. The topological polar surface area (TPSA) is 43.4 Å². The van der Waals surface area contributed by atoms with Gasteiger partial charge in [0.25, 0.3) is 0 Å². The zero-order valence-electron chi connectivity index (χ0n) is 8.98. The Kier molecular flexibility index (Phi) is 5.19. The molecule has 86 valence electrons. The van der Waals surface area contributed by atoms with Crippen molar-refractivity contribution in [3.05, 3.63) is 35.9 Å². The zero-order valence-corrected chi connectivity index (χ0v) is 10.6. The van der Waals surface area contributed by atoms with Gasteiger partial charge < -0.3 is 4.74 Å². The number of ether oxygens (including phenoxy) is 1. The number of hydrogen-bond donors (Lipinski definition) is 0. The number of benzene rings is 1. The Morgan fingerprint density at radius 2 is 1.94 bits per heavy atom. The van der Waals surface area contributed by atoms with Crippen LogP contribution in [0.25, 0.3) is 0 Å². The molecule has 1 aromatic carbocycles. The smallest absolute Gasteiger partial charge is 0.303 e. The van der Waals surface area contributed by atoms with Crippen molar-refractivity contribution in [1.29, 1.82) is 0 Å². The average Bonchev–Trinajstić information content (AvgIpc) is 2.28. The van der Waals surface area contributed by atoms with Crippen molar-refractivity contribution in [2.75, 3.05) is 5.33 Å². The molecule has 0 aliphatic rings. The summed E-state index contributed by atoms with van der Waals surface area (Å²) >= 11 is 3.08. The van der Waals surface area contributed by atoms with Gasteiger partial charge in [-0.2, -0.15) is 0 Å². The second kappa shape index (κ2) is 6.43. The van der Waals surface area contributed by atoms with Gasteiger partial charge in [-0.1, -0.05) is 46.3 Å². The van der Waals surface area contributed by atoms with Crippen molar-refractivity contribution in [2.45, 2.75) is 19.4 Å². The molecule has 0 fully saturated rings. The van der Waals surface area contributed by atoms with Crippen LogP contribution in [0.5, 0.6) is 0 Å². The van der Waals surface area contributed by atoms with E-state index >= 15 is 0 Å². The zero-order chi connectivity index (χ0) is 12.0. The number of alkyl halides is 1. The molecule has 0 heterocycles. The summed E-state index contributed by atoms with van der Waals surface area (Å²) in [5.41, 5.74) is 0.975. The molecule has 4 heteroatoms. The lowest BCUT2D eigenvalue weighted by Gasteiger charge is -2.14. The van der Waals surface area contributed by atoms with E-state index in [0.29, 0.717) is 6.42 Å². The fraction of sp³-hybridized carbons (Fsp3) is 0.333. The molecule has 16 heavy (non-hydrogen) atoms. The minimum Gasteiger partial charge on any atom is -0.454 e. The number of carbonyl (C=O) groups excluding carboxylic acids is 2. The van der Waals surface area contributed by atoms with Crippen LogP contribution in [-0.4, -0.2) is 23.2 Å². The summed E-state index contributed by atoms with van der Waals surface area (Å²) in [6.07, 6.45) is -0.274. The standard InChI is InChI=1S/C12H13BrO3/c1-9(14)16-12(11(15)8-13)7-10-5-3-2-4-6-10/h2-6,12H,7-8H2,1H3. The third-order valence-electron chi connectivity index (χ3n) is 2.06. The summed E-state index contributed by atoms with van der Waals surface area (Å²) in [6, 6.07) is 9.48. The van der Waals surface area contributed by atoms with E-state index in [0.717, 1.165) is 5.56 Å². The molecule has 0 aromatic heterocycles. The Labute approximate surface area is 103 Å². The molecule has 1 aromatic rings. The normalized spacial score (nSPS) is 11.9. The van der Waals surface area contributed by atoms with Crippen LogP contribution in [0.15, 0.2) is 30.3 Å². The maximum Gasteiger partial charge on any atom is 0.303 e. The van der Waals surface area contributed by atoms with Crippen LogP contribution in [0.4, 0.5) is 0 Å². The molecule has 0 saturated heterocycles. The molecule has 0 aliphatic heterocycles. The van der Waals surface area contributed by atoms with Gasteiger partial charge in [0.2, 0.25) is 0 Å². The van der Waals surface area contributed by atoms with Crippen LogP contribution < -0.4 is 0 Å². The van der Waals surface area contributed by atoms with Crippen LogP contribution in [0, 0.1) is 0 Å². The first-order chi connectivity index (χ1) is 7.63. The van der Waals surface area contributed by atoms with Crippen molar-refractivity contribution in [3.8, 4) is 0 Å². The predicted octanol–water partition coefficient (Wildman–Crippen LogP) is 2.12. The lowest BCUT2D eigenvalue weighted by molar-refractivity contribution is -0.152. The molecular formula is C12H13BrO3. The lowest BCUT2D eigenvalue weighted by atomic mass is 10.1. The fourth-order valence-electron chi connectivity index (χ4n) is 1.34. The number of esters is 1. The Hall–Kier alpha value is -1.16. The maximum atomic E-state index is 11.5. The quantitative estimate of drug-likeness (QED) is 0.615. The predicted molar refractivity (Wildman–Crippen MR) is 64.5 cm³/mol. The van der Waals surface area contributed by atoms with Gasteiger partial charge in [-0.05, 0) is 5.56 Å². The van der Waals surface area contributed by atoms with Gasteiger partial charge in [0.05, 0.1) is 5.33 Å². The van der Waals surface area contributed by atoms with Crippen LogP contribution in [0.2, 0.25) is 0 Å². The minimum absolute atomic E-state index is 0.126. The molecule has 0 bridgehead atoms. The summed E-state index contributed by atoms with van der Waals surface area (Å²) in [7, 11) is 0. The number of Topliss-reactive ketones (excluding diaryl/α,β-unsaturated/α-hetero) is 1. The Balaban J connectivity index is 2.70. The van der Waals surface area contributed by atoms with E-state index in [2.05, 4.69) is 15.9 Å². The summed E-state index contributed by atoms with van der Waals surface area (Å²) in [4.78, 5) is 22.4. The molecule has 3 nitrogen and oxygen atoms in total. The van der Waals surface area contributed by atoms with Crippen LogP contribution in [-0.2, 0) is 20.7 Å². The molecule has 0 saturated carbocycles. The highest BCUT2D eigenvalue weighted by molar-refractivity contribution is 9.09. The van der Waals surface area contributed by atoms with Crippen molar-refractivity contribution >= 4 is 27.7 Å². The summed E-state index contributed by atoms with van der Waals surface area (Å²) in [6.45, 7) is 1.31. The first-order valence-electron chi connectivity index (χ1n) is 4.93. The van der Waals surface area contributed by atoms with E-state index in [1.54, 1.807) is 0 Å². The molecule has 0 N–H and O–H groups in total. The van der Waals surface area contributed by atoms with E-state index < -0.39 is 12.1 Å². The molecule has 0 amide bonds. The van der Waals surface area contributed by atoms with Crippen molar-refractivity contribution in [1.82, 2.24) is 0 Å². The SMILES string of the molecule is CC(=O)OC(Cc1ccccc1)C(=O)CBr. The van der Waals surface area contributed by atoms with E-state index in [-0.39, 0.29) is 11.1 Å². The van der Waals surface area contributed by atoms with Crippen LogP contribution in [0.1, 0.15) is 12.5 Å². The minimum atomic E-state index is -0.695. The first kappa shape index (κ1) is 12.9. The molecule has 1 atom stereocenters. The highest BCUT2D eigenvalue weighted by Crippen LogP contribution is 2.08. The van der Waals surface area contributed by atoms with Crippen LogP contribution in [0.3, 0.4) is 0 Å². The number of hydrogen-bond acceptors (Lipinski definition) is 3. The number of rotatable bonds is 5. The average molecular weight is 285 g/mol. The molecule has 0 aliphatic carbocycles.